The molecular formula is C19H24N6. The van der Waals surface area contributed by atoms with Crippen LogP contribution in [0.3, 0.4) is 0 Å². The van der Waals surface area contributed by atoms with E-state index in [0.29, 0.717) is 11.8 Å². The van der Waals surface area contributed by atoms with E-state index in [1.807, 2.05) is 0 Å². The van der Waals surface area contributed by atoms with Crippen molar-refractivity contribution in [3.8, 4) is 0 Å². The summed E-state index contributed by atoms with van der Waals surface area (Å²) in [5, 5.41) is 8.97. The van der Waals surface area contributed by atoms with E-state index in [2.05, 4.69) is 49.9 Å². The summed E-state index contributed by atoms with van der Waals surface area (Å²) in [6.07, 6.45) is 5.18. The molecule has 3 aliphatic rings. The zero-order chi connectivity index (χ0) is 17.0. The van der Waals surface area contributed by atoms with Crippen molar-refractivity contribution in [2.45, 2.75) is 33.1 Å². The van der Waals surface area contributed by atoms with Gasteiger partial charge in [0.05, 0.1) is 5.69 Å². The largest absolute Gasteiger partial charge is 0.356 e. The molecule has 6 heteroatoms. The van der Waals surface area contributed by atoms with Gasteiger partial charge in [-0.05, 0) is 44.7 Å². The van der Waals surface area contributed by atoms with Crippen LogP contribution in [0, 0.1) is 25.7 Å². The molecule has 2 atom stereocenters. The number of fused-ring (bicyclic) bond motifs is 2. The van der Waals surface area contributed by atoms with E-state index in [-0.39, 0.29) is 0 Å². The lowest BCUT2D eigenvalue weighted by Crippen LogP contribution is -2.30. The first-order valence-electron chi connectivity index (χ1n) is 9.32. The standard InChI is InChI=1S/C19H24N6/c1-12-13(2)20-11-21-19(12)25-9-15-7-24(8-16(15)10-25)18-6-14-4-3-5-17(14)22-23-18/h6,11,15-16H,3-5,7-10H2,1-2H3. The molecule has 0 aromatic carbocycles. The molecule has 130 valence electrons. The smallest absolute Gasteiger partial charge is 0.151 e. The van der Waals surface area contributed by atoms with Gasteiger partial charge in [-0.3, -0.25) is 0 Å². The molecule has 0 saturated carbocycles. The van der Waals surface area contributed by atoms with Crippen molar-refractivity contribution >= 4 is 11.6 Å². The molecule has 1 aliphatic carbocycles. The number of nitrogens with zero attached hydrogens (tertiary/aromatic N) is 6. The van der Waals surface area contributed by atoms with Crippen molar-refractivity contribution in [3.05, 3.63) is 34.9 Å². The molecule has 0 bridgehead atoms. The van der Waals surface area contributed by atoms with E-state index < -0.39 is 0 Å². The number of rotatable bonds is 2. The van der Waals surface area contributed by atoms with Crippen molar-refractivity contribution in [1.29, 1.82) is 0 Å². The third-order valence-corrected chi connectivity index (χ3v) is 6.23. The van der Waals surface area contributed by atoms with Crippen LogP contribution in [0.5, 0.6) is 0 Å². The molecule has 0 spiro atoms. The number of hydrogen-bond acceptors (Lipinski definition) is 6. The summed E-state index contributed by atoms with van der Waals surface area (Å²) >= 11 is 0. The van der Waals surface area contributed by atoms with Gasteiger partial charge in [-0.2, -0.15) is 5.10 Å². The maximum atomic E-state index is 4.54. The number of hydrogen-bond donors (Lipinski definition) is 0. The predicted molar refractivity (Wildman–Crippen MR) is 97.0 cm³/mol. The van der Waals surface area contributed by atoms with Gasteiger partial charge in [-0.1, -0.05) is 0 Å². The molecule has 2 aromatic heterocycles. The molecule has 5 rings (SSSR count). The molecule has 2 aliphatic heterocycles. The van der Waals surface area contributed by atoms with Crippen molar-refractivity contribution in [2.24, 2.45) is 11.8 Å². The van der Waals surface area contributed by atoms with E-state index >= 15 is 0 Å². The second-order valence-electron chi connectivity index (χ2n) is 7.77. The molecule has 2 aromatic rings. The van der Waals surface area contributed by atoms with Crippen LogP contribution in [0.2, 0.25) is 0 Å². The molecule has 0 amide bonds. The molecule has 0 N–H and O–H groups in total. The van der Waals surface area contributed by atoms with Crippen LogP contribution in [0.15, 0.2) is 12.4 Å². The third kappa shape index (κ3) is 2.46. The zero-order valence-corrected chi connectivity index (χ0v) is 14.9. The van der Waals surface area contributed by atoms with Gasteiger partial charge in [-0.15, -0.1) is 5.10 Å². The second-order valence-corrected chi connectivity index (χ2v) is 7.77. The molecule has 4 heterocycles. The van der Waals surface area contributed by atoms with E-state index in [9.17, 15) is 0 Å². The van der Waals surface area contributed by atoms with Gasteiger partial charge in [0.25, 0.3) is 0 Å². The summed E-state index contributed by atoms with van der Waals surface area (Å²) in [6, 6.07) is 2.28. The van der Waals surface area contributed by atoms with E-state index in [0.717, 1.165) is 49.9 Å². The lowest BCUT2D eigenvalue weighted by atomic mass is 10.0. The van der Waals surface area contributed by atoms with Crippen molar-refractivity contribution in [3.63, 3.8) is 0 Å². The first-order valence-corrected chi connectivity index (χ1v) is 9.32. The fourth-order valence-corrected chi connectivity index (χ4v) is 4.67. The topological polar surface area (TPSA) is 58.0 Å². The first-order chi connectivity index (χ1) is 12.2. The summed E-state index contributed by atoms with van der Waals surface area (Å²) in [5.74, 6) is 3.57. The van der Waals surface area contributed by atoms with Crippen LogP contribution in [-0.2, 0) is 12.8 Å². The molecule has 6 nitrogen and oxygen atoms in total. The fraction of sp³-hybridized carbons (Fsp3) is 0.579. The molecule has 0 radical (unpaired) electrons. The van der Waals surface area contributed by atoms with E-state index in [1.165, 1.54) is 29.7 Å². The number of aromatic nitrogens is 4. The number of anilines is 2. The Hall–Kier alpha value is -2.24. The maximum Gasteiger partial charge on any atom is 0.151 e. The SMILES string of the molecule is Cc1ncnc(N2CC3CN(c4cc5c(nn4)CCC5)CC3C2)c1C. The van der Waals surface area contributed by atoms with Gasteiger partial charge in [0.15, 0.2) is 5.82 Å². The highest BCUT2D eigenvalue weighted by molar-refractivity contribution is 5.50. The van der Waals surface area contributed by atoms with Crippen LogP contribution < -0.4 is 9.80 Å². The Kier molecular flexibility index (Phi) is 3.40. The van der Waals surface area contributed by atoms with Crippen LogP contribution in [0.25, 0.3) is 0 Å². The van der Waals surface area contributed by atoms with Gasteiger partial charge in [-0.25, -0.2) is 9.97 Å². The third-order valence-electron chi connectivity index (χ3n) is 6.23. The predicted octanol–water partition coefficient (Wildman–Crippen LogP) is 1.94. The lowest BCUT2D eigenvalue weighted by Gasteiger charge is -2.24. The van der Waals surface area contributed by atoms with Gasteiger partial charge < -0.3 is 9.80 Å². The van der Waals surface area contributed by atoms with Gasteiger partial charge in [0.1, 0.15) is 12.1 Å². The Morgan fingerprint density at radius 1 is 0.920 bits per heavy atom. The normalized spacial score (nSPS) is 24.7. The first kappa shape index (κ1) is 15.0. The summed E-state index contributed by atoms with van der Waals surface area (Å²) in [7, 11) is 0. The quantitative estimate of drug-likeness (QED) is 0.835. The molecule has 2 unspecified atom stereocenters. The highest BCUT2D eigenvalue weighted by Gasteiger charge is 2.41. The van der Waals surface area contributed by atoms with Crippen LogP contribution in [0.4, 0.5) is 11.6 Å². The van der Waals surface area contributed by atoms with Crippen molar-refractivity contribution in [2.75, 3.05) is 36.0 Å². The maximum absolute atomic E-state index is 4.54. The van der Waals surface area contributed by atoms with Gasteiger partial charge >= 0.3 is 0 Å². The van der Waals surface area contributed by atoms with Crippen molar-refractivity contribution in [1.82, 2.24) is 20.2 Å². The van der Waals surface area contributed by atoms with Crippen LogP contribution >= 0.6 is 0 Å². The Labute approximate surface area is 148 Å². The highest BCUT2D eigenvalue weighted by atomic mass is 15.3. The van der Waals surface area contributed by atoms with Crippen molar-refractivity contribution < 1.29 is 0 Å². The molecule has 2 saturated heterocycles. The van der Waals surface area contributed by atoms with E-state index in [1.54, 1.807) is 6.33 Å². The van der Waals surface area contributed by atoms with Gasteiger partial charge in [0.2, 0.25) is 0 Å². The van der Waals surface area contributed by atoms with E-state index in [4.69, 9.17) is 0 Å². The number of aryl methyl sites for hydroxylation is 3. The minimum absolute atomic E-state index is 0.685. The average molecular weight is 336 g/mol. The minimum Gasteiger partial charge on any atom is -0.356 e. The highest BCUT2D eigenvalue weighted by Crippen LogP contribution is 2.36. The Bertz CT molecular complexity index is 806. The van der Waals surface area contributed by atoms with Gasteiger partial charge in [0, 0.05) is 49.3 Å². The minimum atomic E-state index is 0.685. The monoisotopic (exact) mass is 336 g/mol. The van der Waals surface area contributed by atoms with Crippen LogP contribution in [-0.4, -0.2) is 46.3 Å². The summed E-state index contributed by atoms with van der Waals surface area (Å²) in [4.78, 5) is 13.7. The Morgan fingerprint density at radius 2 is 1.68 bits per heavy atom. The summed E-state index contributed by atoms with van der Waals surface area (Å²) in [5.41, 5.74) is 4.92. The van der Waals surface area contributed by atoms with Crippen LogP contribution in [0.1, 0.15) is 28.9 Å². The second kappa shape index (κ2) is 5.64. The molecule has 2 fully saturated rings. The lowest BCUT2D eigenvalue weighted by molar-refractivity contribution is 0.533. The Morgan fingerprint density at radius 3 is 2.48 bits per heavy atom. The summed E-state index contributed by atoms with van der Waals surface area (Å²) < 4.78 is 0. The fourth-order valence-electron chi connectivity index (χ4n) is 4.67. The Balaban J connectivity index is 1.31. The average Bonchev–Trinajstić information content (AvgIpc) is 3.30. The molecular weight excluding hydrogens is 312 g/mol. The summed E-state index contributed by atoms with van der Waals surface area (Å²) in [6.45, 7) is 8.51. The molecule has 25 heavy (non-hydrogen) atoms. The zero-order valence-electron chi connectivity index (χ0n) is 14.9.